The van der Waals surface area contributed by atoms with E-state index in [-0.39, 0.29) is 12.4 Å². The number of fused-ring (bicyclic) bond motifs is 1. The lowest BCUT2D eigenvalue weighted by Crippen LogP contribution is -2.14. The molecule has 0 spiro atoms. The summed E-state index contributed by atoms with van der Waals surface area (Å²) >= 11 is 5.41. The number of hydrogen-bond acceptors (Lipinski definition) is 3. The maximum absolute atomic E-state index is 4.89. The van der Waals surface area contributed by atoms with Gasteiger partial charge in [0.15, 0.2) is 0 Å². The summed E-state index contributed by atoms with van der Waals surface area (Å²) in [7, 11) is 4.20. The number of rotatable bonds is 5. The Morgan fingerprint density at radius 3 is 2.52 bits per heavy atom. The molecule has 2 aromatic carbocycles. The van der Waals surface area contributed by atoms with Crippen LogP contribution in [-0.4, -0.2) is 32.1 Å². The van der Waals surface area contributed by atoms with Gasteiger partial charge in [0.1, 0.15) is 0 Å². The van der Waals surface area contributed by atoms with Gasteiger partial charge in [-0.15, -0.1) is 23.7 Å². The van der Waals surface area contributed by atoms with Crippen LogP contribution in [0.4, 0.5) is 0 Å². The molecule has 0 fully saturated rings. The summed E-state index contributed by atoms with van der Waals surface area (Å²) in [5, 5.41) is 2.31. The SMILES string of the molecule is CN(C)CCCN=c1cc(-c2ccccc2)sc2ccc(Br)cc12.Cl. The van der Waals surface area contributed by atoms with Crippen LogP contribution in [0.1, 0.15) is 6.42 Å². The van der Waals surface area contributed by atoms with E-state index < -0.39 is 0 Å². The van der Waals surface area contributed by atoms with Gasteiger partial charge in [-0.1, -0.05) is 46.3 Å². The van der Waals surface area contributed by atoms with Crippen molar-refractivity contribution in [2.45, 2.75) is 6.42 Å². The molecule has 0 atom stereocenters. The minimum absolute atomic E-state index is 0. The molecule has 0 amide bonds. The fourth-order valence-electron chi connectivity index (χ4n) is 2.60. The van der Waals surface area contributed by atoms with Gasteiger partial charge in [0.2, 0.25) is 0 Å². The minimum atomic E-state index is 0. The van der Waals surface area contributed by atoms with Gasteiger partial charge in [0, 0.05) is 26.0 Å². The number of benzene rings is 2. The van der Waals surface area contributed by atoms with Gasteiger partial charge in [-0.3, -0.25) is 4.99 Å². The molecule has 0 bridgehead atoms. The monoisotopic (exact) mass is 436 g/mol. The quantitative estimate of drug-likeness (QED) is 0.474. The Kier molecular flexibility index (Phi) is 7.63. The zero-order valence-electron chi connectivity index (χ0n) is 14.4. The van der Waals surface area contributed by atoms with Crippen LogP contribution < -0.4 is 5.36 Å². The average Bonchev–Trinajstić information content (AvgIpc) is 2.59. The van der Waals surface area contributed by atoms with Crippen molar-refractivity contribution in [2.24, 2.45) is 4.99 Å². The van der Waals surface area contributed by atoms with Gasteiger partial charge in [-0.2, -0.15) is 0 Å². The smallest absolute Gasteiger partial charge is 0.0675 e. The van der Waals surface area contributed by atoms with E-state index in [1.165, 1.54) is 20.5 Å². The second-order valence-electron chi connectivity index (χ2n) is 6.04. The molecule has 0 N–H and O–H groups in total. The van der Waals surface area contributed by atoms with Gasteiger partial charge < -0.3 is 4.90 Å². The molecule has 3 aromatic rings. The average molecular weight is 438 g/mol. The first-order valence-electron chi connectivity index (χ1n) is 8.07. The molecular formula is C20H22BrClN2S. The summed E-state index contributed by atoms with van der Waals surface area (Å²) in [4.78, 5) is 8.35. The molecule has 1 heterocycles. The first kappa shape index (κ1) is 20.1. The summed E-state index contributed by atoms with van der Waals surface area (Å²) in [6, 6.07) is 19.2. The highest BCUT2D eigenvalue weighted by Crippen LogP contribution is 2.29. The fourth-order valence-corrected chi connectivity index (χ4v) is 4.04. The van der Waals surface area contributed by atoms with Crippen LogP contribution in [0, 0.1) is 0 Å². The summed E-state index contributed by atoms with van der Waals surface area (Å²) in [6.45, 7) is 1.91. The van der Waals surface area contributed by atoms with Crippen molar-refractivity contribution < 1.29 is 0 Å². The second-order valence-corrected chi connectivity index (χ2v) is 8.04. The zero-order chi connectivity index (χ0) is 16.9. The van der Waals surface area contributed by atoms with Crippen molar-refractivity contribution in [1.29, 1.82) is 0 Å². The van der Waals surface area contributed by atoms with Crippen LogP contribution in [0.2, 0.25) is 0 Å². The molecule has 1 aromatic heterocycles. The topological polar surface area (TPSA) is 15.6 Å². The third-order valence-electron chi connectivity index (χ3n) is 3.81. The predicted octanol–water partition coefficient (Wildman–Crippen LogP) is 5.61. The van der Waals surface area contributed by atoms with Crippen LogP contribution in [0.5, 0.6) is 0 Å². The molecule has 0 saturated carbocycles. The zero-order valence-corrected chi connectivity index (χ0v) is 17.6. The van der Waals surface area contributed by atoms with E-state index in [0.717, 1.165) is 29.3 Å². The summed E-state index contributed by atoms with van der Waals surface area (Å²) < 4.78 is 2.37. The molecule has 132 valence electrons. The Hall–Kier alpha value is -1.20. The summed E-state index contributed by atoms with van der Waals surface area (Å²) in [5.74, 6) is 0. The molecule has 0 saturated heterocycles. The van der Waals surface area contributed by atoms with Crippen molar-refractivity contribution in [2.75, 3.05) is 27.2 Å². The Balaban J connectivity index is 0.00000225. The van der Waals surface area contributed by atoms with Crippen LogP contribution in [0.15, 0.2) is 64.1 Å². The highest BCUT2D eigenvalue weighted by molar-refractivity contribution is 9.10. The normalized spacial score (nSPS) is 11.8. The standard InChI is InChI=1S/C20H21BrN2S.ClH/c1-23(2)12-6-11-22-18-14-20(15-7-4-3-5-8-15)24-19-10-9-16(21)13-17(18)19;/h3-5,7-10,13-14H,6,11-12H2,1-2H3;1H. The van der Waals surface area contributed by atoms with E-state index in [9.17, 15) is 0 Å². The number of nitrogens with zero attached hydrogens (tertiary/aromatic N) is 2. The largest absolute Gasteiger partial charge is 0.309 e. The van der Waals surface area contributed by atoms with E-state index in [4.69, 9.17) is 4.99 Å². The molecule has 0 aliphatic heterocycles. The fraction of sp³-hybridized carbons (Fsp3) is 0.250. The van der Waals surface area contributed by atoms with Crippen molar-refractivity contribution >= 4 is 49.8 Å². The maximum atomic E-state index is 4.89. The molecule has 3 rings (SSSR count). The third kappa shape index (κ3) is 5.38. The van der Waals surface area contributed by atoms with Crippen molar-refractivity contribution in [1.82, 2.24) is 4.90 Å². The molecule has 0 aliphatic rings. The van der Waals surface area contributed by atoms with Crippen LogP contribution in [-0.2, 0) is 0 Å². The number of hydrogen-bond donors (Lipinski definition) is 0. The highest BCUT2D eigenvalue weighted by atomic mass is 79.9. The number of halogens is 2. The lowest BCUT2D eigenvalue weighted by atomic mass is 10.1. The first-order valence-corrected chi connectivity index (χ1v) is 9.68. The van der Waals surface area contributed by atoms with Crippen LogP contribution in [0.3, 0.4) is 0 Å². The van der Waals surface area contributed by atoms with Gasteiger partial charge >= 0.3 is 0 Å². The van der Waals surface area contributed by atoms with E-state index in [1.54, 1.807) is 0 Å². The van der Waals surface area contributed by atoms with Gasteiger partial charge in [-0.25, -0.2) is 0 Å². The molecule has 25 heavy (non-hydrogen) atoms. The van der Waals surface area contributed by atoms with Gasteiger partial charge in [0.25, 0.3) is 0 Å². The molecular weight excluding hydrogens is 416 g/mol. The molecule has 0 radical (unpaired) electrons. The Bertz CT molecular complexity index is 891. The van der Waals surface area contributed by atoms with Crippen molar-refractivity contribution in [3.63, 3.8) is 0 Å². The van der Waals surface area contributed by atoms with Crippen molar-refractivity contribution in [3.8, 4) is 10.4 Å². The Labute approximate surface area is 167 Å². The lowest BCUT2D eigenvalue weighted by Gasteiger charge is -2.08. The van der Waals surface area contributed by atoms with Crippen LogP contribution >= 0.6 is 39.7 Å². The second kappa shape index (κ2) is 9.48. The molecule has 2 nitrogen and oxygen atoms in total. The predicted molar refractivity (Wildman–Crippen MR) is 116 cm³/mol. The highest BCUT2D eigenvalue weighted by Gasteiger charge is 2.04. The Morgan fingerprint density at radius 2 is 1.80 bits per heavy atom. The van der Waals surface area contributed by atoms with E-state index in [1.807, 2.05) is 11.3 Å². The Morgan fingerprint density at radius 1 is 1.04 bits per heavy atom. The molecule has 0 unspecified atom stereocenters. The first-order chi connectivity index (χ1) is 11.6. The third-order valence-corrected chi connectivity index (χ3v) is 5.45. The van der Waals surface area contributed by atoms with Crippen molar-refractivity contribution in [3.05, 3.63) is 64.4 Å². The summed E-state index contributed by atoms with van der Waals surface area (Å²) in [5.41, 5.74) is 1.25. The van der Waals surface area contributed by atoms with Gasteiger partial charge in [0.05, 0.1) is 5.36 Å². The molecule has 0 aliphatic carbocycles. The van der Waals surface area contributed by atoms with E-state index >= 15 is 0 Å². The molecule has 5 heteroatoms. The van der Waals surface area contributed by atoms with E-state index in [0.29, 0.717) is 0 Å². The summed E-state index contributed by atoms with van der Waals surface area (Å²) in [6.07, 6.45) is 1.07. The lowest BCUT2D eigenvalue weighted by molar-refractivity contribution is 0.403. The maximum Gasteiger partial charge on any atom is 0.0675 e. The van der Waals surface area contributed by atoms with Crippen LogP contribution in [0.25, 0.3) is 20.5 Å². The van der Waals surface area contributed by atoms with Gasteiger partial charge in [-0.05, 0) is 56.9 Å². The van der Waals surface area contributed by atoms with E-state index in [2.05, 4.69) is 89.5 Å². The minimum Gasteiger partial charge on any atom is -0.309 e.